The molecule has 0 atom stereocenters. The Kier molecular flexibility index (Phi) is 5.35. The van der Waals surface area contributed by atoms with Crippen LogP contribution in [0.2, 0.25) is 0 Å². The maximum Gasteiger partial charge on any atom is 0.409 e. The van der Waals surface area contributed by atoms with E-state index in [9.17, 15) is 14.0 Å². The number of hydrogen-bond acceptors (Lipinski definition) is 4. The smallest absolute Gasteiger partial charge is 0.409 e. The first kappa shape index (κ1) is 18.7. The topological polar surface area (TPSA) is 49.9 Å². The molecule has 0 N–H and O–H groups in total. The third-order valence-corrected chi connectivity index (χ3v) is 6.86. The summed E-state index contributed by atoms with van der Waals surface area (Å²) in [7, 11) is 0. The van der Waals surface area contributed by atoms with Crippen LogP contribution in [0.4, 0.5) is 9.18 Å². The molecule has 1 amide bonds. The lowest BCUT2D eigenvalue weighted by atomic mass is 9.64. The van der Waals surface area contributed by atoms with Crippen molar-refractivity contribution in [1.29, 1.82) is 0 Å². The number of ketones is 1. The third kappa shape index (κ3) is 3.82. The summed E-state index contributed by atoms with van der Waals surface area (Å²) in [6, 6.07) is 0.601. The summed E-state index contributed by atoms with van der Waals surface area (Å²) in [6.07, 6.45) is 11.6. The average molecular weight is 376 g/mol. The van der Waals surface area contributed by atoms with E-state index in [2.05, 4.69) is 4.90 Å². The lowest BCUT2D eigenvalue weighted by Gasteiger charge is -2.51. The number of piperidine rings is 1. The molecule has 2 saturated heterocycles. The number of allylic oxidation sites excluding steroid dienone is 4. The van der Waals surface area contributed by atoms with Gasteiger partial charge in [-0.3, -0.25) is 4.79 Å². The first-order valence-electron chi connectivity index (χ1n) is 10.2. The number of rotatable bonds is 4. The molecule has 0 bridgehead atoms. The second-order valence-electron chi connectivity index (χ2n) is 8.52. The van der Waals surface area contributed by atoms with Gasteiger partial charge in [0, 0.05) is 25.6 Å². The number of amides is 1. The van der Waals surface area contributed by atoms with Gasteiger partial charge in [0.15, 0.2) is 5.78 Å². The van der Waals surface area contributed by atoms with Crippen molar-refractivity contribution in [3.8, 4) is 0 Å². The minimum absolute atomic E-state index is 0.144. The number of carbonyl (C=O) groups is 2. The van der Waals surface area contributed by atoms with E-state index in [1.807, 2.05) is 18.2 Å². The maximum atomic E-state index is 12.2. The fourth-order valence-electron chi connectivity index (χ4n) is 5.34. The van der Waals surface area contributed by atoms with Crippen LogP contribution in [-0.4, -0.2) is 67.2 Å². The molecule has 0 aromatic carbocycles. The zero-order valence-electron chi connectivity index (χ0n) is 15.9. The van der Waals surface area contributed by atoms with Crippen LogP contribution in [0.25, 0.3) is 0 Å². The number of ether oxygens (including phenoxy) is 1. The van der Waals surface area contributed by atoms with Gasteiger partial charge in [0.1, 0.15) is 13.3 Å². The second kappa shape index (κ2) is 7.74. The molecular weight excluding hydrogens is 347 g/mol. The molecule has 0 aromatic rings. The van der Waals surface area contributed by atoms with Crippen LogP contribution in [0.3, 0.4) is 0 Å². The number of likely N-dealkylation sites (tertiary alicyclic amines) is 2. The first-order valence-corrected chi connectivity index (χ1v) is 10.2. The molecule has 2 aliphatic carbocycles. The molecule has 4 aliphatic rings. The van der Waals surface area contributed by atoms with Gasteiger partial charge in [-0.25, -0.2) is 9.18 Å². The van der Waals surface area contributed by atoms with E-state index < -0.39 is 6.67 Å². The number of alkyl halides is 1. The van der Waals surface area contributed by atoms with Crippen molar-refractivity contribution < 1.29 is 18.7 Å². The van der Waals surface area contributed by atoms with E-state index in [-0.39, 0.29) is 18.1 Å². The zero-order valence-corrected chi connectivity index (χ0v) is 15.9. The minimum Gasteiger partial charge on any atom is -0.447 e. The van der Waals surface area contributed by atoms with Crippen LogP contribution in [0, 0.1) is 11.3 Å². The molecule has 0 unspecified atom stereocenters. The van der Waals surface area contributed by atoms with Crippen LogP contribution in [0.5, 0.6) is 0 Å². The Morgan fingerprint density at radius 3 is 2.74 bits per heavy atom. The van der Waals surface area contributed by atoms with Gasteiger partial charge in [-0.1, -0.05) is 18.2 Å². The van der Waals surface area contributed by atoms with Gasteiger partial charge in [0.2, 0.25) is 0 Å². The normalized spacial score (nSPS) is 31.9. The molecule has 0 radical (unpaired) electrons. The third-order valence-electron chi connectivity index (χ3n) is 6.86. The fraction of sp³-hybridized carbons (Fsp3) is 0.714. The quantitative estimate of drug-likeness (QED) is 0.756. The SMILES string of the molecule is O=C1CC=CC=C1C1CCN(C2CC3(CCN(C(=O)OCCF)C3)C2)CC1. The number of halogens is 1. The summed E-state index contributed by atoms with van der Waals surface area (Å²) in [6.45, 7) is 2.82. The molecule has 2 aliphatic heterocycles. The van der Waals surface area contributed by atoms with E-state index in [0.29, 0.717) is 24.2 Å². The van der Waals surface area contributed by atoms with Crippen molar-refractivity contribution >= 4 is 11.9 Å². The maximum absolute atomic E-state index is 12.2. The van der Waals surface area contributed by atoms with Crippen LogP contribution >= 0.6 is 0 Å². The van der Waals surface area contributed by atoms with E-state index in [1.54, 1.807) is 4.90 Å². The fourth-order valence-corrected chi connectivity index (χ4v) is 5.34. The minimum atomic E-state index is -0.623. The van der Waals surface area contributed by atoms with Gasteiger partial charge in [-0.15, -0.1) is 0 Å². The Hall–Kier alpha value is -1.69. The van der Waals surface area contributed by atoms with Crippen molar-refractivity contribution in [3.63, 3.8) is 0 Å². The summed E-state index contributed by atoms with van der Waals surface area (Å²) < 4.78 is 17.1. The molecule has 4 rings (SSSR count). The number of hydrogen-bond donors (Lipinski definition) is 0. The Morgan fingerprint density at radius 2 is 2.04 bits per heavy atom. The molecule has 148 valence electrons. The summed E-state index contributed by atoms with van der Waals surface area (Å²) in [4.78, 5) is 28.3. The van der Waals surface area contributed by atoms with E-state index >= 15 is 0 Å². The Balaban J connectivity index is 1.23. The van der Waals surface area contributed by atoms with Crippen molar-refractivity contribution in [2.45, 2.75) is 44.6 Å². The predicted octanol–water partition coefficient (Wildman–Crippen LogP) is 3.11. The molecule has 1 saturated carbocycles. The van der Waals surface area contributed by atoms with Gasteiger partial charge < -0.3 is 14.5 Å². The van der Waals surface area contributed by atoms with Crippen LogP contribution in [-0.2, 0) is 9.53 Å². The first-order chi connectivity index (χ1) is 13.1. The molecule has 27 heavy (non-hydrogen) atoms. The predicted molar refractivity (Wildman–Crippen MR) is 100 cm³/mol. The van der Waals surface area contributed by atoms with E-state index in [0.717, 1.165) is 63.9 Å². The van der Waals surface area contributed by atoms with Crippen LogP contribution in [0.1, 0.15) is 38.5 Å². The largest absolute Gasteiger partial charge is 0.447 e. The number of Topliss-reactive ketones (excluding diaryl/α,β-unsaturated/α-hetero) is 1. The average Bonchev–Trinajstić information content (AvgIpc) is 3.11. The highest BCUT2D eigenvalue weighted by Crippen LogP contribution is 2.50. The Morgan fingerprint density at radius 1 is 1.26 bits per heavy atom. The molecular formula is C21H29FN2O3. The van der Waals surface area contributed by atoms with Crippen molar-refractivity contribution in [2.24, 2.45) is 11.3 Å². The van der Waals surface area contributed by atoms with Crippen molar-refractivity contribution in [1.82, 2.24) is 9.80 Å². The van der Waals surface area contributed by atoms with Gasteiger partial charge in [0.25, 0.3) is 0 Å². The monoisotopic (exact) mass is 376 g/mol. The molecule has 5 nitrogen and oxygen atoms in total. The Labute approximate surface area is 160 Å². The summed E-state index contributed by atoms with van der Waals surface area (Å²) in [5.74, 6) is 0.712. The molecule has 1 spiro atoms. The number of nitrogens with zero attached hydrogens (tertiary/aromatic N) is 2. The molecule has 2 heterocycles. The summed E-state index contributed by atoms with van der Waals surface area (Å²) in [5.41, 5.74) is 1.27. The molecule has 3 fully saturated rings. The van der Waals surface area contributed by atoms with E-state index in [1.165, 1.54) is 0 Å². The highest BCUT2D eigenvalue weighted by molar-refractivity contribution is 5.98. The second-order valence-corrected chi connectivity index (χ2v) is 8.52. The van der Waals surface area contributed by atoms with Crippen LogP contribution in [0.15, 0.2) is 23.8 Å². The van der Waals surface area contributed by atoms with Crippen molar-refractivity contribution in [3.05, 3.63) is 23.8 Å². The lowest BCUT2D eigenvalue weighted by Crippen LogP contribution is -2.54. The zero-order chi connectivity index (χ0) is 18.9. The number of carbonyl (C=O) groups excluding carboxylic acids is 2. The standard InChI is InChI=1S/C21H29FN2O3/c22-8-12-27-20(26)24-11-7-21(15-24)13-17(14-21)23-9-5-16(6-10-23)18-3-1-2-4-19(18)25/h1-3,16-17H,4-15H2. The summed E-state index contributed by atoms with van der Waals surface area (Å²) in [5, 5.41) is 0. The summed E-state index contributed by atoms with van der Waals surface area (Å²) >= 11 is 0. The lowest BCUT2D eigenvalue weighted by molar-refractivity contribution is -0.115. The van der Waals surface area contributed by atoms with Gasteiger partial charge in [0.05, 0.1) is 0 Å². The van der Waals surface area contributed by atoms with Gasteiger partial charge in [-0.05, 0) is 62.1 Å². The Bertz CT molecular complexity index is 646. The highest BCUT2D eigenvalue weighted by atomic mass is 19.1. The molecule has 0 aromatic heterocycles. The van der Waals surface area contributed by atoms with Crippen LogP contribution < -0.4 is 0 Å². The molecule has 6 heteroatoms. The van der Waals surface area contributed by atoms with Crippen molar-refractivity contribution in [2.75, 3.05) is 39.5 Å². The van der Waals surface area contributed by atoms with Gasteiger partial charge in [-0.2, -0.15) is 0 Å². The highest BCUT2D eigenvalue weighted by Gasteiger charge is 2.51. The van der Waals surface area contributed by atoms with Gasteiger partial charge >= 0.3 is 6.09 Å². The van der Waals surface area contributed by atoms with E-state index in [4.69, 9.17) is 4.74 Å².